The van der Waals surface area contributed by atoms with Crippen LogP contribution in [0.25, 0.3) is 0 Å². The number of hydrogen-bond acceptors (Lipinski definition) is 2. The summed E-state index contributed by atoms with van der Waals surface area (Å²) in [5.41, 5.74) is 6.55. The van der Waals surface area contributed by atoms with Gasteiger partial charge in [0, 0.05) is 17.3 Å². The van der Waals surface area contributed by atoms with Gasteiger partial charge in [0.1, 0.15) is 5.82 Å². The first-order chi connectivity index (χ1) is 9.08. The number of amides is 1. The molecule has 0 aliphatic heterocycles. The first-order valence-corrected chi connectivity index (χ1v) is 6.02. The number of nitrogen functional groups attached to an aromatic ring is 1. The van der Waals surface area contributed by atoms with Crippen molar-refractivity contribution in [2.45, 2.75) is 6.54 Å². The SMILES string of the molecule is Nc1ccc(F)c(C(=O)NCc2ccccc2Cl)c1. The summed E-state index contributed by atoms with van der Waals surface area (Å²) in [5.74, 6) is -1.13. The van der Waals surface area contributed by atoms with E-state index < -0.39 is 11.7 Å². The van der Waals surface area contributed by atoms with E-state index in [1.165, 1.54) is 18.2 Å². The first kappa shape index (κ1) is 13.4. The van der Waals surface area contributed by atoms with Crippen LogP contribution in [0, 0.1) is 5.82 Å². The van der Waals surface area contributed by atoms with Crippen LogP contribution in [0.3, 0.4) is 0 Å². The van der Waals surface area contributed by atoms with Crippen LogP contribution in [0.4, 0.5) is 10.1 Å². The highest BCUT2D eigenvalue weighted by Crippen LogP contribution is 2.15. The Labute approximate surface area is 115 Å². The Kier molecular flexibility index (Phi) is 4.02. The Balaban J connectivity index is 2.10. The molecule has 0 bridgehead atoms. The van der Waals surface area contributed by atoms with E-state index in [2.05, 4.69) is 5.32 Å². The molecule has 0 fully saturated rings. The molecule has 0 aliphatic rings. The number of carbonyl (C=O) groups is 1. The Hall–Kier alpha value is -2.07. The summed E-state index contributed by atoms with van der Waals surface area (Å²) in [6.45, 7) is 0.229. The fourth-order valence-corrected chi connectivity index (χ4v) is 1.83. The minimum absolute atomic E-state index is 0.0768. The second-order valence-corrected chi connectivity index (χ2v) is 4.42. The molecule has 0 aliphatic carbocycles. The molecule has 2 aromatic carbocycles. The number of anilines is 1. The lowest BCUT2D eigenvalue weighted by Crippen LogP contribution is -2.24. The highest BCUT2D eigenvalue weighted by Gasteiger charge is 2.12. The molecular formula is C14H12ClFN2O. The second-order valence-electron chi connectivity index (χ2n) is 4.01. The average Bonchev–Trinajstić information content (AvgIpc) is 2.40. The lowest BCUT2D eigenvalue weighted by Gasteiger charge is -2.08. The summed E-state index contributed by atoms with van der Waals surface area (Å²) in [6.07, 6.45) is 0. The molecule has 0 aromatic heterocycles. The Morgan fingerprint density at radius 1 is 1.26 bits per heavy atom. The maximum atomic E-state index is 13.5. The molecule has 3 N–H and O–H groups in total. The number of nitrogens with two attached hydrogens (primary N) is 1. The van der Waals surface area contributed by atoms with E-state index in [0.29, 0.717) is 10.7 Å². The van der Waals surface area contributed by atoms with E-state index in [-0.39, 0.29) is 12.1 Å². The second kappa shape index (κ2) is 5.71. The van der Waals surface area contributed by atoms with Crippen molar-refractivity contribution in [3.63, 3.8) is 0 Å². The summed E-state index contributed by atoms with van der Waals surface area (Å²) in [4.78, 5) is 11.9. The molecule has 0 atom stereocenters. The lowest BCUT2D eigenvalue weighted by molar-refractivity contribution is 0.0947. The molecule has 2 rings (SSSR count). The van der Waals surface area contributed by atoms with Crippen LogP contribution in [0.5, 0.6) is 0 Å². The summed E-state index contributed by atoms with van der Waals surface area (Å²) < 4.78 is 13.5. The van der Waals surface area contributed by atoms with E-state index >= 15 is 0 Å². The number of carbonyl (C=O) groups excluding carboxylic acids is 1. The first-order valence-electron chi connectivity index (χ1n) is 5.64. The summed E-state index contributed by atoms with van der Waals surface area (Å²) in [7, 11) is 0. The number of halogens is 2. The van der Waals surface area contributed by atoms with Gasteiger partial charge in [0.05, 0.1) is 5.56 Å². The van der Waals surface area contributed by atoms with Crippen LogP contribution in [0.2, 0.25) is 5.02 Å². The Bertz CT molecular complexity index is 616. The van der Waals surface area contributed by atoms with Crippen molar-refractivity contribution in [2.24, 2.45) is 0 Å². The van der Waals surface area contributed by atoms with Crippen molar-refractivity contribution >= 4 is 23.2 Å². The quantitative estimate of drug-likeness (QED) is 0.848. The zero-order valence-corrected chi connectivity index (χ0v) is 10.7. The molecule has 0 saturated heterocycles. The van der Waals surface area contributed by atoms with Gasteiger partial charge in [-0.15, -0.1) is 0 Å². The predicted molar refractivity (Wildman–Crippen MR) is 73.4 cm³/mol. The van der Waals surface area contributed by atoms with E-state index in [0.717, 1.165) is 5.56 Å². The highest BCUT2D eigenvalue weighted by molar-refractivity contribution is 6.31. The summed E-state index contributed by atoms with van der Waals surface area (Å²) >= 11 is 5.96. The van der Waals surface area contributed by atoms with E-state index in [9.17, 15) is 9.18 Å². The minimum atomic E-state index is -0.606. The standard InChI is InChI=1S/C14H12ClFN2O/c15-12-4-2-1-3-9(12)8-18-14(19)11-7-10(17)5-6-13(11)16/h1-7H,8,17H2,(H,18,19). The van der Waals surface area contributed by atoms with Crippen molar-refractivity contribution in [3.8, 4) is 0 Å². The van der Waals surface area contributed by atoms with Crippen molar-refractivity contribution in [1.82, 2.24) is 5.32 Å². The van der Waals surface area contributed by atoms with Gasteiger partial charge in [-0.1, -0.05) is 29.8 Å². The molecular weight excluding hydrogens is 267 g/mol. The maximum absolute atomic E-state index is 13.5. The number of rotatable bonds is 3. The van der Waals surface area contributed by atoms with Crippen LogP contribution in [-0.4, -0.2) is 5.91 Å². The molecule has 5 heteroatoms. The van der Waals surface area contributed by atoms with Crippen LogP contribution >= 0.6 is 11.6 Å². The normalized spacial score (nSPS) is 10.2. The number of hydrogen-bond donors (Lipinski definition) is 2. The van der Waals surface area contributed by atoms with Gasteiger partial charge in [-0.3, -0.25) is 4.79 Å². The van der Waals surface area contributed by atoms with Gasteiger partial charge in [0.2, 0.25) is 0 Å². The maximum Gasteiger partial charge on any atom is 0.254 e. The molecule has 0 saturated carbocycles. The molecule has 0 unspecified atom stereocenters. The number of benzene rings is 2. The van der Waals surface area contributed by atoms with Crippen molar-refractivity contribution in [1.29, 1.82) is 0 Å². The lowest BCUT2D eigenvalue weighted by atomic mass is 10.1. The highest BCUT2D eigenvalue weighted by atomic mass is 35.5. The molecule has 0 spiro atoms. The van der Waals surface area contributed by atoms with E-state index in [1.807, 2.05) is 6.07 Å². The van der Waals surface area contributed by atoms with Crippen LogP contribution < -0.4 is 11.1 Å². The van der Waals surface area contributed by atoms with Crippen molar-refractivity contribution < 1.29 is 9.18 Å². The molecule has 2 aromatic rings. The van der Waals surface area contributed by atoms with Gasteiger partial charge in [-0.2, -0.15) is 0 Å². The van der Waals surface area contributed by atoms with Crippen LogP contribution in [0.15, 0.2) is 42.5 Å². The molecule has 0 radical (unpaired) electrons. The van der Waals surface area contributed by atoms with Crippen LogP contribution in [-0.2, 0) is 6.54 Å². The zero-order chi connectivity index (χ0) is 13.8. The third kappa shape index (κ3) is 3.23. The van der Waals surface area contributed by atoms with Gasteiger partial charge in [-0.25, -0.2) is 4.39 Å². The van der Waals surface area contributed by atoms with Gasteiger partial charge >= 0.3 is 0 Å². The van der Waals surface area contributed by atoms with Gasteiger partial charge in [-0.05, 0) is 29.8 Å². The smallest absolute Gasteiger partial charge is 0.254 e. The zero-order valence-electron chi connectivity index (χ0n) is 9.99. The largest absolute Gasteiger partial charge is 0.399 e. The van der Waals surface area contributed by atoms with Crippen molar-refractivity contribution in [2.75, 3.05) is 5.73 Å². The summed E-state index contributed by atoms with van der Waals surface area (Å²) in [6, 6.07) is 11.0. The topological polar surface area (TPSA) is 55.1 Å². The Morgan fingerprint density at radius 2 is 2.00 bits per heavy atom. The summed E-state index contributed by atoms with van der Waals surface area (Å²) in [5, 5.41) is 3.16. The molecule has 1 amide bonds. The average molecular weight is 279 g/mol. The number of nitrogens with one attached hydrogen (secondary N) is 1. The minimum Gasteiger partial charge on any atom is -0.399 e. The van der Waals surface area contributed by atoms with Crippen molar-refractivity contribution in [3.05, 3.63) is 64.4 Å². The fraction of sp³-hybridized carbons (Fsp3) is 0.0714. The van der Waals surface area contributed by atoms with Gasteiger partial charge < -0.3 is 11.1 Å². The molecule has 98 valence electrons. The molecule has 19 heavy (non-hydrogen) atoms. The van der Waals surface area contributed by atoms with E-state index in [1.54, 1.807) is 18.2 Å². The van der Waals surface area contributed by atoms with Crippen LogP contribution in [0.1, 0.15) is 15.9 Å². The molecule has 0 heterocycles. The molecule has 3 nitrogen and oxygen atoms in total. The third-order valence-electron chi connectivity index (χ3n) is 2.63. The van der Waals surface area contributed by atoms with Gasteiger partial charge in [0.25, 0.3) is 5.91 Å². The van der Waals surface area contributed by atoms with Gasteiger partial charge in [0.15, 0.2) is 0 Å². The third-order valence-corrected chi connectivity index (χ3v) is 3.00. The van der Waals surface area contributed by atoms with E-state index in [4.69, 9.17) is 17.3 Å². The monoisotopic (exact) mass is 278 g/mol. The Morgan fingerprint density at radius 3 is 2.74 bits per heavy atom. The predicted octanol–water partition coefficient (Wildman–Crippen LogP) is 2.99. The fourth-order valence-electron chi connectivity index (χ4n) is 1.63.